The van der Waals surface area contributed by atoms with E-state index in [0.717, 1.165) is 46.1 Å². The molecule has 1 fully saturated rings. The van der Waals surface area contributed by atoms with E-state index in [1.807, 2.05) is 30.3 Å². The van der Waals surface area contributed by atoms with E-state index >= 15 is 0 Å². The Bertz CT molecular complexity index is 952. The summed E-state index contributed by atoms with van der Waals surface area (Å²) in [5.74, 6) is 0.312. The number of aryl methyl sites for hydroxylation is 1. The van der Waals surface area contributed by atoms with Crippen molar-refractivity contribution < 1.29 is 4.79 Å². The van der Waals surface area contributed by atoms with Gasteiger partial charge in [-0.25, -0.2) is 0 Å². The SMILES string of the molecule is N=C1C(=C2Nc3ccccc3S2)CC(=O)N1c1cccc2c1CCCC2. The molecule has 3 aliphatic rings. The van der Waals surface area contributed by atoms with Gasteiger partial charge in [0.15, 0.2) is 0 Å². The van der Waals surface area contributed by atoms with Crippen LogP contribution in [0.25, 0.3) is 0 Å². The van der Waals surface area contributed by atoms with Crippen LogP contribution in [0, 0.1) is 5.41 Å². The Balaban J connectivity index is 1.53. The van der Waals surface area contributed by atoms with Crippen LogP contribution in [0.3, 0.4) is 0 Å². The van der Waals surface area contributed by atoms with E-state index in [4.69, 9.17) is 5.41 Å². The first kappa shape index (κ1) is 15.7. The molecule has 2 aromatic carbocycles. The maximum Gasteiger partial charge on any atom is 0.237 e. The third-order valence-electron chi connectivity index (χ3n) is 5.32. The van der Waals surface area contributed by atoms with E-state index in [-0.39, 0.29) is 12.3 Å². The zero-order valence-electron chi connectivity index (χ0n) is 14.3. The van der Waals surface area contributed by atoms with Crippen molar-refractivity contribution in [2.24, 2.45) is 0 Å². The number of nitrogens with zero attached hydrogens (tertiary/aromatic N) is 1. The molecule has 2 aliphatic heterocycles. The standard InChI is InChI=1S/C21H19N3OS/c22-20-15(21-23-16-9-3-4-11-18(16)26-21)12-19(25)24(20)17-10-5-7-13-6-1-2-8-14(13)17/h3-5,7,9-11,22-23H,1-2,6,8,12H2. The van der Waals surface area contributed by atoms with E-state index in [2.05, 4.69) is 17.4 Å². The number of amidine groups is 1. The lowest BCUT2D eigenvalue weighted by Crippen LogP contribution is -2.30. The van der Waals surface area contributed by atoms with Crippen LogP contribution in [-0.2, 0) is 17.6 Å². The van der Waals surface area contributed by atoms with Gasteiger partial charge in [-0.15, -0.1) is 0 Å². The maximum atomic E-state index is 12.8. The van der Waals surface area contributed by atoms with Gasteiger partial charge in [-0.2, -0.15) is 0 Å². The minimum atomic E-state index is -0.00479. The van der Waals surface area contributed by atoms with Crippen LogP contribution in [0.1, 0.15) is 30.4 Å². The second-order valence-electron chi connectivity index (χ2n) is 6.91. The fourth-order valence-electron chi connectivity index (χ4n) is 4.04. The number of hydrogen-bond acceptors (Lipinski definition) is 4. The highest BCUT2D eigenvalue weighted by Gasteiger charge is 2.37. The second-order valence-corrected chi connectivity index (χ2v) is 7.96. The Morgan fingerprint density at radius 3 is 2.77 bits per heavy atom. The summed E-state index contributed by atoms with van der Waals surface area (Å²) in [7, 11) is 0. The molecule has 0 aromatic heterocycles. The summed E-state index contributed by atoms with van der Waals surface area (Å²) in [5.41, 5.74) is 5.34. The van der Waals surface area contributed by atoms with Crippen LogP contribution in [0.2, 0.25) is 0 Å². The molecule has 130 valence electrons. The smallest absolute Gasteiger partial charge is 0.237 e. The number of hydrogen-bond donors (Lipinski definition) is 2. The molecule has 1 amide bonds. The highest BCUT2D eigenvalue weighted by atomic mass is 32.2. The Kier molecular flexibility index (Phi) is 3.64. The highest BCUT2D eigenvalue weighted by molar-refractivity contribution is 8.03. The number of fused-ring (bicyclic) bond motifs is 2. The van der Waals surface area contributed by atoms with Gasteiger partial charge in [-0.3, -0.25) is 15.1 Å². The molecule has 1 aliphatic carbocycles. The number of rotatable bonds is 1. The van der Waals surface area contributed by atoms with Gasteiger partial charge < -0.3 is 5.32 Å². The Hall–Kier alpha value is -2.53. The van der Waals surface area contributed by atoms with Gasteiger partial charge in [0.1, 0.15) is 5.84 Å². The summed E-state index contributed by atoms with van der Waals surface area (Å²) < 4.78 is 0. The van der Waals surface area contributed by atoms with Crippen molar-refractivity contribution in [2.45, 2.75) is 37.0 Å². The molecular formula is C21H19N3OS. The summed E-state index contributed by atoms with van der Waals surface area (Å²) in [6.07, 6.45) is 4.70. The van der Waals surface area contributed by atoms with Crippen molar-refractivity contribution in [1.29, 1.82) is 5.41 Å². The number of carbonyl (C=O) groups is 1. The molecule has 4 nitrogen and oxygen atoms in total. The third kappa shape index (κ3) is 2.38. The van der Waals surface area contributed by atoms with E-state index in [9.17, 15) is 4.79 Å². The van der Waals surface area contributed by atoms with Gasteiger partial charge in [0.2, 0.25) is 5.91 Å². The quantitative estimate of drug-likeness (QED) is 0.773. The average Bonchev–Trinajstić information content (AvgIpc) is 3.22. The number of para-hydroxylation sites is 1. The zero-order valence-corrected chi connectivity index (χ0v) is 15.2. The van der Waals surface area contributed by atoms with Crippen LogP contribution in [-0.4, -0.2) is 11.7 Å². The van der Waals surface area contributed by atoms with Crippen molar-refractivity contribution in [2.75, 3.05) is 10.2 Å². The number of carbonyl (C=O) groups excluding carboxylic acids is 1. The van der Waals surface area contributed by atoms with Gasteiger partial charge in [0, 0.05) is 10.5 Å². The molecule has 0 atom stereocenters. The summed E-state index contributed by atoms with van der Waals surface area (Å²) in [4.78, 5) is 15.6. The summed E-state index contributed by atoms with van der Waals surface area (Å²) in [6, 6.07) is 14.3. The van der Waals surface area contributed by atoms with Crippen LogP contribution in [0.15, 0.2) is 58.0 Å². The fraction of sp³-hybridized carbons (Fsp3) is 0.238. The van der Waals surface area contributed by atoms with Crippen molar-refractivity contribution in [3.63, 3.8) is 0 Å². The lowest BCUT2D eigenvalue weighted by molar-refractivity contribution is -0.116. The molecule has 2 aromatic rings. The first-order chi connectivity index (χ1) is 12.7. The summed E-state index contributed by atoms with van der Waals surface area (Å²) in [5, 5.41) is 13.0. The lowest BCUT2D eigenvalue weighted by atomic mass is 9.90. The second kappa shape index (κ2) is 6.02. The molecule has 0 radical (unpaired) electrons. The molecule has 26 heavy (non-hydrogen) atoms. The molecule has 0 saturated carbocycles. The van der Waals surface area contributed by atoms with E-state index < -0.39 is 0 Å². The predicted molar refractivity (Wildman–Crippen MR) is 106 cm³/mol. The fourth-order valence-corrected chi connectivity index (χ4v) is 5.09. The number of anilines is 2. The molecular weight excluding hydrogens is 342 g/mol. The monoisotopic (exact) mass is 361 g/mol. The molecule has 5 rings (SSSR count). The van der Waals surface area contributed by atoms with Gasteiger partial charge in [-0.05, 0) is 55.0 Å². The Morgan fingerprint density at radius 1 is 1.04 bits per heavy atom. The van der Waals surface area contributed by atoms with Gasteiger partial charge >= 0.3 is 0 Å². The van der Waals surface area contributed by atoms with Crippen molar-refractivity contribution in [3.05, 3.63) is 64.2 Å². The number of nitrogens with one attached hydrogen (secondary N) is 2. The van der Waals surface area contributed by atoms with Crippen LogP contribution >= 0.6 is 11.8 Å². The minimum Gasteiger partial charge on any atom is -0.349 e. The maximum absolute atomic E-state index is 12.8. The molecule has 0 unspecified atom stereocenters. The highest BCUT2D eigenvalue weighted by Crippen LogP contribution is 2.44. The van der Waals surface area contributed by atoms with Crippen molar-refractivity contribution >= 4 is 34.9 Å². The molecule has 5 heteroatoms. The van der Waals surface area contributed by atoms with Crippen LogP contribution in [0.5, 0.6) is 0 Å². The van der Waals surface area contributed by atoms with E-state index in [1.54, 1.807) is 16.7 Å². The molecule has 2 heterocycles. The molecule has 0 spiro atoms. The Labute approximate surface area is 156 Å². The van der Waals surface area contributed by atoms with Gasteiger partial charge in [0.05, 0.1) is 22.8 Å². The van der Waals surface area contributed by atoms with Crippen LogP contribution < -0.4 is 10.2 Å². The predicted octanol–water partition coefficient (Wildman–Crippen LogP) is 4.71. The van der Waals surface area contributed by atoms with Crippen molar-refractivity contribution in [3.8, 4) is 0 Å². The molecule has 1 saturated heterocycles. The number of thioether (sulfide) groups is 1. The van der Waals surface area contributed by atoms with Crippen LogP contribution in [0.4, 0.5) is 11.4 Å². The third-order valence-corrected chi connectivity index (χ3v) is 6.45. The topological polar surface area (TPSA) is 56.2 Å². The summed E-state index contributed by atoms with van der Waals surface area (Å²) >= 11 is 1.61. The number of benzene rings is 2. The summed E-state index contributed by atoms with van der Waals surface area (Å²) in [6.45, 7) is 0. The number of amides is 1. The Morgan fingerprint density at radius 2 is 1.88 bits per heavy atom. The lowest BCUT2D eigenvalue weighted by Gasteiger charge is -2.24. The van der Waals surface area contributed by atoms with Crippen molar-refractivity contribution in [1.82, 2.24) is 0 Å². The van der Waals surface area contributed by atoms with Gasteiger partial charge in [0.25, 0.3) is 0 Å². The molecule has 2 N–H and O–H groups in total. The first-order valence-electron chi connectivity index (χ1n) is 9.02. The zero-order chi connectivity index (χ0) is 17.7. The van der Waals surface area contributed by atoms with E-state index in [0.29, 0.717) is 5.84 Å². The first-order valence-corrected chi connectivity index (χ1v) is 9.84. The minimum absolute atomic E-state index is 0.00479. The average molecular weight is 361 g/mol. The largest absolute Gasteiger partial charge is 0.349 e. The molecule has 0 bridgehead atoms. The van der Waals surface area contributed by atoms with Gasteiger partial charge in [-0.1, -0.05) is 36.0 Å². The normalized spacial score (nSPS) is 21.6. The van der Waals surface area contributed by atoms with E-state index in [1.165, 1.54) is 17.5 Å².